The summed E-state index contributed by atoms with van der Waals surface area (Å²) in [5.41, 5.74) is -1.78. The first kappa shape index (κ1) is 31.3. The number of alkyl halides is 3. The van der Waals surface area contributed by atoms with Crippen molar-refractivity contribution in [3.8, 4) is 11.5 Å². The molecule has 2 aromatic carbocycles. The highest BCUT2D eigenvalue weighted by Gasteiger charge is 2.49. The van der Waals surface area contributed by atoms with Crippen LogP contribution >= 0.6 is 0 Å². The third kappa shape index (κ3) is 6.36. The molecule has 2 saturated carbocycles. The Labute approximate surface area is 249 Å². The quantitative estimate of drug-likeness (QED) is 0.224. The third-order valence-corrected chi connectivity index (χ3v) is 8.60. The highest BCUT2D eigenvalue weighted by atomic mass is 19.4. The van der Waals surface area contributed by atoms with Crippen LogP contribution in [0.25, 0.3) is 0 Å². The molecular formula is C31H31F5N2O6. The van der Waals surface area contributed by atoms with Gasteiger partial charge < -0.3 is 24.8 Å². The largest absolute Gasteiger partial charge is 0.496 e. The monoisotopic (exact) mass is 622 g/mol. The molecule has 5 rings (SSSR count). The Morgan fingerprint density at radius 3 is 2.25 bits per heavy atom. The second-order valence-corrected chi connectivity index (χ2v) is 11.3. The molecule has 0 radical (unpaired) electrons. The number of carbonyl (C=O) groups is 3. The molecule has 8 nitrogen and oxygen atoms in total. The number of halogens is 5. The minimum Gasteiger partial charge on any atom is -0.496 e. The molecule has 3 aliphatic rings. The number of carbonyl (C=O) groups excluding carboxylic acids is 3. The third-order valence-electron chi connectivity index (χ3n) is 8.60. The van der Waals surface area contributed by atoms with Gasteiger partial charge in [-0.15, -0.1) is 0 Å². The number of ether oxygens (including phenoxy) is 3. The molecule has 0 spiro atoms. The second kappa shape index (κ2) is 12.4. The summed E-state index contributed by atoms with van der Waals surface area (Å²) in [6.07, 6.45) is 0.877. The van der Waals surface area contributed by atoms with Gasteiger partial charge in [-0.3, -0.25) is 14.4 Å². The average Bonchev–Trinajstić information content (AvgIpc) is 3.60. The van der Waals surface area contributed by atoms with E-state index in [4.69, 9.17) is 14.2 Å². The van der Waals surface area contributed by atoms with Crippen molar-refractivity contribution in [2.75, 3.05) is 19.5 Å². The van der Waals surface area contributed by atoms with Gasteiger partial charge in [-0.1, -0.05) is 12.2 Å². The Kier molecular flexibility index (Phi) is 8.85. The fraction of sp³-hybridized carbons (Fsp3) is 0.452. The maximum atomic E-state index is 15.0. The smallest absolute Gasteiger partial charge is 0.419 e. The van der Waals surface area contributed by atoms with Crippen molar-refractivity contribution >= 4 is 23.5 Å². The van der Waals surface area contributed by atoms with Crippen LogP contribution < -0.4 is 20.1 Å². The zero-order valence-corrected chi connectivity index (χ0v) is 23.9. The summed E-state index contributed by atoms with van der Waals surface area (Å²) in [6, 6.07) is 3.71. The van der Waals surface area contributed by atoms with Crippen molar-refractivity contribution < 1.29 is 50.5 Å². The fourth-order valence-electron chi connectivity index (χ4n) is 6.39. The minimum absolute atomic E-state index is 0.0357. The molecule has 4 atom stereocenters. The van der Waals surface area contributed by atoms with Crippen LogP contribution in [-0.2, 0) is 20.5 Å². The van der Waals surface area contributed by atoms with Crippen molar-refractivity contribution in [2.45, 2.75) is 50.4 Å². The van der Waals surface area contributed by atoms with E-state index in [9.17, 15) is 36.3 Å². The highest BCUT2D eigenvalue weighted by Crippen LogP contribution is 2.45. The first-order chi connectivity index (χ1) is 20.9. The average molecular weight is 623 g/mol. The van der Waals surface area contributed by atoms with Gasteiger partial charge in [-0.05, 0) is 68.2 Å². The lowest BCUT2D eigenvalue weighted by molar-refractivity contribution is -0.147. The van der Waals surface area contributed by atoms with Crippen LogP contribution in [0.15, 0.2) is 42.5 Å². The number of hydrogen-bond donors (Lipinski definition) is 2. The molecule has 2 aromatic rings. The van der Waals surface area contributed by atoms with Crippen molar-refractivity contribution in [1.29, 1.82) is 0 Å². The first-order valence-electron chi connectivity index (χ1n) is 14.2. The molecule has 0 saturated heterocycles. The molecule has 236 valence electrons. The fourth-order valence-corrected chi connectivity index (χ4v) is 6.39. The molecule has 3 aliphatic carbocycles. The number of nitrogens with one attached hydrogen (secondary N) is 2. The first-order valence-corrected chi connectivity index (χ1v) is 14.2. The summed E-state index contributed by atoms with van der Waals surface area (Å²) in [5, 5.41) is 5.27. The van der Waals surface area contributed by atoms with Gasteiger partial charge in [-0.25, -0.2) is 8.78 Å². The topological polar surface area (TPSA) is 103 Å². The minimum atomic E-state index is -4.95. The van der Waals surface area contributed by atoms with E-state index >= 15 is 0 Å². The number of allylic oxidation sites excluding steroid dienone is 1. The predicted molar refractivity (Wildman–Crippen MR) is 147 cm³/mol. The number of methoxy groups -OCH3 is 2. The van der Waals surface area contributed by atoms with Gasteiger partial charge in [0.25, 0.3) is 5.91 Å². The van der Waals surface area contributed by atoms with E-state index < -0.39 is 47.1 Å². The molecule has 0 aromatic heterocycles. The lowest BCUT2D eigenvalue weighted by Gasteiger charge is -2.29. The number of hydrogen-bond acceptors (Lipinski definition) is 6. The number of amides is 2. The number of anilines is 1. The Morgan fingerprint density at radius 2 is 1.59 bits per heavy atom. The number of rotatable bonds is 8. The van der Waals surface area contributed by atoms with Crippen LogP contribution in [0, 0.1) is 35.3 Å². The van der Waals surface area contributed by atoms with E-state index in [0.717, 1.165) is 12.1 Å². The lowest BCUT2D eigenvalue weighted by Crippen LogP contribution is -2.47. The van der Waals surface area contributed by atoms with Gasteiger partial charge in [-0.2, -0.15) is 13.2 Å². The molecule has 2 bridgehead atoms. The van der Waals surface area contributed by atoms with Gasteiger partial charge in [0.15, 0.2) is 11.6 Å². The van der Waals surface area contributed by atoms with Crippen molar-refractivity contribution in [3.63, 3.8) is 0 Å². The molecule has 0 heterocycles. The summed E-state index contributed by atoms with van der Waals surface area (Å²) in [5.74, 6) is -5.64. The molecule has 2 amide bonds. The van der Waals surface area contributed by atoms with Gasteiger partial charge >= 0.3 is 12.1 Å². The molecule has 0 aliphatic heterocycles. The van der Waals surface area contributed by atoms with E-state index in [1.807, 2.05) is 12.2 Å². The van der Waals surface area contributed by atoms with E-state index in [2.05, 4.69) is 10.6 Å². The van der Waals surface area contributed by atoms with Gasteiger partial charge in [0.1, 0.15) is 11.6 Å². The standard InChI is InChI=1S/C31H31F5N2O6/c1-42-24-14-23(33)25(44-19-8-5-15(6-9-19)30(41)43-2)13-20(24)28(39)38-27-17-4-3-16(11-17)26(27)29(40)37-18-7-10-22(32)21(12-18)31(34,35)36/h3-4,7,10,12-17,19,26-27H,5-6,8-9,11H2,1-2H3,(H,37,40)(H,38,39). The van der Waals surface area contributed by atoms with Gasteiger partial charge in [0.2, 0.25) is 5.91 Å². The van der Waals surface area contributed by atoms with E-state index in [1.54, 1.807) is 0 Å². The van der Waals surface area contributed by atoms with Gasteiger partial charge in [0.05, 0.1) is 43.3 Å². The molecule has 2 N–H and O–H groups in total. The number of fused-ring (bicyclic) bond motifs is 2. The van der Waals surface area contributed by atoms with Crippen LogP contribution in [0.1, 0.15) is 48.0 Å². The molecule has 13 heteroatoms. The summed E-state index contributed by atoms with van der Waals surface area (Å²) in [7, 11) is 2.60. The molecule has 44 heavy (non-hydrogen) atoms. The maximum Gasteiger partial charge on any atom is 0.419 e. The zero-order valence-electron chi connectivity index (χ0n) is 23.9. The SMILES string of the molecule is COC(=O)C1CCC(Oc2cc(C(=O)NC3C4C=CC(C4)C3C(=O)Nc3ccc(F)c(C(F)(F)F)c3)c(OC)cc2F)CC1. The zero-order chi connectivity index (χ0) is 31.8. The summed E-state index contributed by atoms with van der Waals surface area (Å²) < 4.78 is 84.2. The molecule has 4 unspecified atom stereocenters. The number of esters is 1. The van der Waals surface area contributed by atoms with Crippen LogP contribution in [0.2, 0.25) is 0 Å². The highest BCUT2D eigenvalue weighted by molar-refractivity contribution is 5.99. The summed E-state index contributed by atoms with van der Waals surface area (Å²) in [4.78, 5) is 38.7. The number of benzene rings is 2. The van der Waals surface area contributed by atoms with Crippen LogP contribution in [0.5, 0.6) is 11.5 Å². The van der Waals surface area contributed by atoms with Crippen molar-refractivity contribution in [2.24, 2.45) is 23.7 Å². The van der Waals surface area contributed by atoms with E-state index in [1.165, 1.54) is 20.3 Å². The summed E-state index contributed by atoms with van der Waals surface area (Å²) >= 11 is 0. The Hall–Kier alpha value is -4.16. The lowest BCUT2D eigenvalue weighted by atomic mass is 9.87. The predicted octanol–water partition coefficient (Wildman–Crippen LogP) is 5.66. The van der Waals surface area contributed by atoms with Crippen LogP contribution in [0.4, 0.5) is 27.6 Å². The Bertz CT molecular complexity index is 1470. The Morgan fingerprint density at radius 1 is 0.886 bits per heavy atom. The summed E-state index contributed by atoms with van der Waals surface area (Å²) in [6.45, 7) is 0. The van der Waals surface area contributed by atoms with Crippen molar-refractivity contribution in [3.05, 3.63) is 65.2 Å². The molecule has 2 fully saturated rings. The van der Waals surface area contributed by atoms with Crippen LogP contribution in [-0.4, -0.2) is 44.1 Å². The second-order valence-electron chi connectivity index (χ2n) is 11.3. The van der Waals surface area contributed by atoms with E-state index in [-0.39, 0.29) is 52.6 Å². The maximum absolute atomic E-state index is 15.0. The molecular weight excluding hydrogens is 591 g/mol. The Balaban J connectivity index is 1.31. The van der Waals surface area contributed by atoms with Gasteiger partial charge in [0, 0.05) is 17.8 Å². The normalized spacial score (nSPS) is 25.8. The van der Waals surface area contributed by atoms with Crippen molar-refractivity contribution in [1.82, 2.24) is 5.32 Å². The van der Waals surface area contributed by atoms with E-state index in [0.29, 0.717) is 44.2 Å². The van der Waals surface area contributed by atoms with Crippen LogP contribution in [0.3, 0.4) is 0 Å².